The molecule has 0 aromatic heterocycles. The van der Waals surface area contributed by atoms with E-state index in [4.69, 9.17) is 14.2 Å². The van der Waals surface area contributed by atoms with E-state index < -0.39 is 10.0 Å². The van der Waals surface area contributed by atoms with Gasteiger partial charge in [-0.1, -0.05) is 0 Å². The number of hydrogen-bond acceptors (Lipinski definition) is 6. The molecule has 7 nitrogen and oxygen atoms in total. The number of benzene rings is 1. The molecule has 2 aliphatic rings. The van der Waals surface area contributed by atoms with Gasteiger partial charge in [0.25, 0.3) is 0 Å². The van der Waals surface area contributed by atoms with Gasteiger partial charge < -0.3 is 19.1 Å². The molecule has 0 radical (unpaired) electrons. The molecule has 152 valence electrons. The van der Waals surface area contributed by atoms with Gasteiger partial charge >= 0.3 is 0 Å². The van der Waals surface area contributed by atoms with Gasteiger partial charge in [-0.05, 0) is 50.9 Å². The number of nitrogens with one attached hydrogen (secondary N) is 1. The monoisotopic (exact) mass is 398 g/mol. The molecule has 0 bridgehead atoms. The van der Waals surface area contributed by atoms with Crippen LogP contribution in [0.25, 0.3) is 0 Å². The van der Waals surface area contributed by atoms with Crippen LogP contribution >= 0.6 is 0 Å². The Labute approximate surface area is 162 Å². The molecular formula is C19H30N2O5S. The van der Waals surface area contributed by atoms with Crippen LogP contribution in [0.4, 0.5) is 0 Å². The van der Waals surface area contributed by atoms with Crippen LogP contribution in [-0.4, -0.2) is 66.9 Å². The average Bonchev–Trinajstić information content (AvgIpc) is 3.19. The second-order valence-electron chi connectivity index (χ2n) is 7.44. The van der Waals surface area contributed by atoms with E-state index >= 15 is 0 Å². The van der Waals surface area contributed by atoms with Crippen molar-refractivity contribution in [1.82, 2.24) is 9.62 Å². The van der Waals surface area contributed by atoms with Crippen molar-refractivity contribution < 1.29 is 22.6 Å². The first kappa shape index (κ1) is 20.4. The Balaban J connectivity index is 1.73. The van der Waals surface area contributed by atoms with Gasteiger partial charge in [-0.3, -0.25) is 0 Å². The van der Waals surface area contributed by atoms with Gasteiger partial charge in [0, 0.05) is 37.8 Å². The fourth-order valence-corrected chi connectivity index (χ4v) is 5.10. The molecular weight excluding hydrogens is 368 g/mol. The van der Waals surface area contributed by atoms with Crippen molar-refractivity contribution in [2.24, 2.45) is 5.41 Å². The van der Waals surface area contributed by atoms with Gasteiger partial charge in [-0.25, -0.2) is 13.1 Å². The smallest absolute Gasteiger partial charge is 0.240 e. The predicted molar refractivity (Wildman–Crippen MR) is 103 cm³/mol. The van der Waals surface area contributed by atoms with Crippen LogP contribution in [-0.2, 0) is 14.8 Å². The lowest BCUT2D eigenvalue weighted by Crippen LogP contribution is -2.47. The third-order valence-corrected chi connectivity index (χ3v) is 7.01. The summed E-state index contributed by atoms with van der Waals surface area (Å²) in [6.45, 7) is 4.92. The van der Waals surface area contributed by atoms with Crippen LogP contribution in [0.15, 0.2) is 23.1 Å². The Morgan fingerprint density at radius 1 is 1.11 bits per heavy atom. The zero-order valence-electron chi connectivity index (χ0n) is 16.2. The summed E-state index contributed by atoms with van der Waals surface area (Å²) in [5, 5.41) is 0. The average molecular weight is 399 g/mol. The molecule has 2 fully saturated rings. The maximum Gasteiger partial charge on any atom is 0.240 e. The summed E-state index contributed by atoms with van der Waals surface area (Å²) >= 11 is 0. The molecule has 1 N–H and O–H groups in total. The standard InChI is InChI=1S/C19H30N2O5S/c1-24-17-6-5-16(13-18(17)25-2)27(22,23)20-14-19(7-11-26-12-8-19)15-21-9-3-4-10-21/h5-6,13,20H,3-4,7-12,14-15H2,1-2H3. The molecule has 27 heavy (non-hydrogen) atoms. The predicted octanol–water partition coefficient (Wildman–Crippen LogP) is 1.87. The van der Waals surface area contributed by atoms with Gasteiger partial charge in [-0.15, -0.1) is 0 Å². The summed E-state index contributed by atoms with van der Waals surface area (Å²) in [5.74, 6) is 0.907. The van der Waals surface area contributed by atoms with Gasteiger partial charge in [0.05, 0.1) is 19.1 Å². The highest BCUT2D eigenvalue weighted by molar-refractivity contribution is 7.89. The summed E-state index contributed by atoms with van der Waals surface area (Å²) in [6, 6.07) is 4.65. The van der Waals surface area contributed by atoms with Crippen molar-refractivity contribution in [3.8, 4) is 11.5 Å². The van der Waals surface area contributed by atoms with E-state index in [1.807, 2.05) is 0 Å². The first-order valence-corrected chi connectivity index (χ1v) is 11.0. The molecule has 0 aliphatic carbocycles. The summed E-state index contributed by atoms with van der Waals surface area (Å²) in [5.41, 5.74) is -0.0772. The number of rotatable bonds is 8. The normalized spacial score (nSPS) is 20.5. The molecule has 0 unspecified atom stereocenters. The van der Waals surface area contributed by atoms with Crippen LogP contribution < -0.4 is 14.2 Å². The Morgan fingerprint density at radius 2 is 1.78 bits per heavy atom. The quantitative estimate of drug-likeness (QED) is 0.720. The van der Waals surface area contributed by atoms with E-state index in [0.717, 1.165) is 32.5 Å². The number of ether oxygens (including phenoxy) is 3. The molecule has 1 aromatic rings. The lowest BCUT2D eigenvalue weighted by atomic mass is 9.80. The van der Waals surface area contributed by atoms with Crippen LogP contribution in [0.5, 0.6) is 11.5 Å². The fourth-order valence-electron chi connectivity index (χ4n) is 3.93. The minimum Gasteiger partial charge on any atom is -0.493 e. The number of hydrogen-bond donors (Lipinski definition) is 1. The molecule has 0 atom stereocenters. The largest absolute Gasteiger partial charge is 0.493 e. The molecule has 0 amide bonds. The van der Waals surface area contributed by atoms with Crippen LogP contribution in [0.3, 0.4) is 0 Å². The second-order valence-corrected chi connectivity index (χ2v) is 9.20. The first-order chi connectivity index (χ1) is 13.0. The zero-order chi connectivity index (χ0) is 19.3. The van der Waals surface area contributed by atoms with Crippen molar-refractivity contribution in [3.05, 3.63) is 18.2 Å². The van der Waals surface area contributed by atoms with Crippen LogP contribution in [0.1, 0.15) is 25.7 Å². The minimum absolute atomic E-state index is 0.0772. The molecule has 3 rings (SSSR count). The summed E-state index contributed by atoms with van der Waals surface area (Å²) < 4.78 is 44.5. The lowest BCUT2D eigenvalue weighted by Gasteiger charge is -2.40. The lowest BCUT2D eigenvalue weighted by molar-refractivity contribution is 0.00157. The minimum atomic E-state index is -3.63. The fraction of sp³-hybridized carbons (Fsp3) is 0.684. The molecule has 2 aliphatic heterocycles. The Kier molecular flexibility index (Phi) is 6.62. The summed E-state index contributed by atoms with van der Waals surface area (Å²) in [4.78, 5) is 2.64. The summed E-state index contributed by atoms with van der Waals surface area (Å²) in [7, 11) is -0.614. The van der Waals surface area contributed by atoms with E-state index in [-0.39, 0.29) is 10.3 Å². The zero-order valence-corrected chi connectivity index (χ0v) is 17.0. The van der Waals surface area contributed by atoms with Crippen LogP contribution in [0.2, 0.25) is 0 Å². The van der Waals surface area contributed by atoms with Crippen molar-refractivity contribution in [1.29, 1.82) is 0 Å². The Morgan fingerprint density at radius 3 is 2.41 bits per heavy atom. The van der Waals surface area contributed by atoms with Crippen molar-refractivity contribution >= 4 is 10.0 Å². The van der Waals surface area contributed by atoms with E-state index in [0.29, 0.717) is 31.3 Å². The molecule has 2 saturated heterocycles. The van der Waals surface area contributed by atoms with E-state index in [1.54, 1.807) is 12.1 Å². The number of methoxy groups -OCH3 is 2. The highest BCUT2D eigenvalue weighted by Crippen LogP contribution is 2.33. The molecule has 8 heteroatoms. The highest BCUT2D eigenvalue weighted by Gasteiger charge is 2.36. The molecule has 1 aromatic carbocycles. The number of sulfonamides is 1. The summed E-state index contributed by atoms with van der Waals surface area (Å²) in [6.07, 6.45) is 4.20. The van der Waals surface area contributed by atoms with Crippen molar-refractivity contribution in [2.75, 3.05) is 53.6 Å². The SMILES string of the molecule is COc1ccc(S(=O)(=O)NCC2(CN3CCCC3)CCOCC2)cc1OC. The van der Waals surface area contributed by atoms with Gasteiger partial charge in [0.2, 0.25) is 10.0 Å². The molecule has 2 heterocycles. The third-order valence-electron chi connectivity index (χ3n) is 5.61. The Bertz CT molecular complexity index is 726. The maximum atomic E-state index is 12.9. The number of likely N-dealkylation sites (tertiary alicyclic amines) is 1. The van der Waals surface area contributed by atoms with Gasteiger partial charge in [0.1, 0.15) is 0 Å². The van der Waals surface area contributed by atoms with Gasteiger partial charge in [0.15, 0.2) is 11.5 Å². The van der Waals surface area contributed by atoms with Crippen molar-refractivity contribution in [3.63, 3.8) is 0 Å². The maximum absolute atomic E-state index is 12.9. The molecule has 0 saturated carbocycles. The molecule has 0 spiro atoms. The third kappa shape index (κ3) is 4.93. The topological polar surface area (TPSA) is 77.1 Å². The second kappa shape index (κ2) is 8.77. The van der Waals surface area contributed by atoms with E-state index in [9.17, 15) is 8.42 Å². The van der Waals surface area contributed by atoms with Crippen LogP contribution in [0, 0.1) is 5.41 Å². The first-order valence-electron chi connectivity index (χ1n) is 9.50. The van der Waals surface area contributed by atoms with Crippen molar-refractivity contribution in [2.45, 2.75) is 30.6 Å². The van der Waals surface area contributed by atoms with E-state index in [1.165, 1.54) is 33.1 Å². The highest BCUT2D eigenvalue weighted by atomic mass is 32.2. The van der Waals surface area contributed by atoms with Gasteiger partial charge in [-0.2, -0.15) is 0 Å². The van der Waals surface area contributed by atoms with E-state index in [2.05, 4.69) is 9.62 Å². The number of nitrogens with zero attached hydrogens (tertiary/aromatic N) is 1. The Hall–Kier alpha value is -1.35.